The summed E-state index contributed by atoms with van der Waals surface area (Å²) in [6.07, 6.45) is 1.52. The molecule has 30 heavy (non-hydrogen) atoms. The molecule has 2 rings (SSSR count). The SMILES string of the molecule is CC(C)CS(=O)(=O)c1ccc([C@]2(C)NC(=O)N(CCC(=O)O)C=C2C(C)C)cc1Cl. The number of sulfone groups is 1. The molecule has 1 atom stereocenters. The van der Waals surface area contributed by atoms with E-state index in [4.69, 9.17) is 16.7 Å². The summed E-state index contributed by atoms with van der Waals surface area (Å²) in [5.41, 5.74) is 0.609. The van der Waals surface area contributed by atoms with Gasteiger partial charge in [0, 0.05) is 12.7 Å². The maximum absolute atomic E-state index is 12.6. The predicted molar refractivity (Wildman–Crippen MR) is 116 cm³/mol. The Morgan fingerprint density at radius 2 is 1.90 bits per heavy atom. The Bertz CT molecular complexity index is 972. The molecule has 0 aromatic heterocycles. The van der Waals surface area contributed by atoms with Crippen LogP contribution in [0.2, 0.25) is 5.02 Å². The van der Waals surface area contributed by atoms with Crippen LogP contribution < -0.4 is 5.32 Å². The van der Waals surface area contributed by atoms with E-state index in [1.54, 1.807) is 18.3 Å². The topological polar surface area (TPSA) is 104 Å². The third-order valence-electron chi connectivity index (χ3n) is 5.08. The molecule has 0 saturated carbocycles. The molecule has 0 spiro atoms. The van der Waals surface area contributed by atoms with Crippen molar-refractivity contribution in [3.63, 3.8) is 0 Å². The zero-order chi connectivity index (χ0) is 22.9. The molecule has 0 unspecified atom stereocenters. The van der Waals surface area contributed by atoms with Gasteiger partial charge in [0.05, 0.1) is 27.6 Å². The molecule has 9 heteroatoms. The molecule has 0 aliphatic carbocycles. The average Bonchev–Trinajstić information content (AvgIpc) is 2.59. The van der Waals surface area contributed by atoms with Crippen molar-refractivity contribution in [3.8, 4) is 0 Å². The molecule has 0 fully saturated rings. The molecule has 1 aromatic carbocycles. The quantitative estimate of drug-likeness (QED) is 0.614. The van der Waals surface area contributed by atoms with Gasteiger partial charge in [-0.1, -0.05) is 45.4 Å². The molecule has 1 heterocycles. The lowest BCUT2D eigenvalue weighted by Gasteiger charge is -2.42. The van der Waals surface area contributed by atoms with E-state index in [2.05, 4.69) is 5.32 Å². The van der Waals surface area contributed by atoms with Crippen molar-refractivity contribution in [2.45, 2.75) is 51.5 Å². The molecular weight excluding hydrogens is 428 g/mol. The Morgan fingerprint density at radius 3 is 2.40 bits per heavy atom. The summed E-state index contributed by atoms with van der Waals surface area (Å²) >= 11 is 6.37. The van der Waals surface area contributed by atoms with Gasteiger partial charge in [-0.2, -0.15) is 0 Å². The Labute approximate surface area is 183 Å². The molecule has 2 N–H and O–H groups in total. The highest BCUT2D eigenvalue weighted by Gasteiger charge is 2.40. The van der Waals surface area contributed by atoms with Crippen molar-refractivity contribution in [1.82, 2.24) is 10.2 Å². The van der Waals surface area contributed by atoms with E-state index < -0.39 is 27.4 Å². The number of carboxylic acid groups (broad SMARTS) is 1. The highest BCUT2D eigenvalue weighted by molar-refractivity contribution is 7.91. The molecule has 7 nitrogen and oxygen atoms in total. The Kier molecular flexibility index (Phi) is 7.24. The van der Waals surface area contributed by atoms with Crippen LogP contribution in [0.3, 0.4) is 0 Å². The molecule has 166 valence electrons. The first-order valence-corrected chi connectivity index (χ1v) is 11.9. The second-order valence-electron chi connectivity index (χ2n) is 8.45. The van der Waals surface area contributed by atoms with Crippen LogP contribution in [0.1, 0.15) is 46.6 Å². The summed E-state index contributed by atoms with van der Waals surface area (Å²) in [7, 11) is -3.52. The van der Waals surface area contributed by atoms with Crippen LogP contribution in [-0.2, 0) is 20.2 Å². The lowest BCUT2D eigenvalue weighted by Crippen LogP contribution is -2.55. The van der Waals surface area contributed by atoms with Gasteiger partial charge in [-0.25, -0.2) is 13.2 Å². The molecule has 0 bridgehead atoms. The first-order valence-electron chi connectivity index (χ1n) is 9.83. The zero-order valence-corrected chi connectivity index (χ0v) is 19.5. The first kappa shape index (κ1) is 24.2. The van der Waals surface area contributed by atoms with Crippen molar-refractivity contribution in [2.75, 3.05) is 12.3 Å². The number of carboxylic acids is 1. The van der Waals surface area contributed by atoms with Gasteiger partial charge in [-0.3, -0.25) is 4.79 Å². The summed E-state index contributed by atoms with van der Waals surface area (Å²) < 4.78 is 25.2. The largest absolute Gasteiger partial charge is 0.481 e. The molecular formula is C21H29ClN2O5S. The Balaban J connectivity index is 2.48. The van der Waals surface area contributed by atoms with E-state index in [1.807, 2.05) is 34.6 Å². The molecule has 0 saturated heterocycles. The van der Waals surface area contributed by atoms with Gasteiger partial charge in [0.1, 0.15) is 0 Å². The fourth-order valence-electron chi connectivity index (χ4n) is 3.65. The Morgan fingerprint density at radius 1 is 1.27 bits per heavy atom. The van der Waals surface area contributed by atoms with Gasteiger partial charge in [0.15, 0.2) is 9.84 Å². The summed E-state index contributed by atoms with van der Waals surface area (Å²) in [5, 5.41) is 12.0. The van der Waals surface area contributed by atoms with Gasteiger partial charge in [0.25, 0.3) is 0 Å². The maximum atomic E-state index is 12.6. The number of hydrogen-bond donors (Lipinski definition) is 2. The fourth-order valence-corrected chi connectivity index (χ4v) is 5.88. The van der Waals surface area contributed by atoms with E-state index >= 15 is 0 Å². The van der Waals surface area contributed by atoms with Crippen molar-refractivity contribution in [3.05, 3.63) is 40.6 Å². The van der Waals surface area contributed by atoms with Crippen molar-refractivity contribution in [1.29, 1.82) is 0 Å². The first-order chi connectivity index (χ1) is 13.8. The lowest BCUT2D eigenvalue weighted by molar-refractivity contribution is -0.137. The van der Waals surface area contributed by atoms with Gasteiger partial charge in [-0.05, 0) is 42.0 Å². The molecule has 1 aliphatic heterocycles. The predicted octanol–water partition coefficient (Wildman–Crippen LogP) is 4.02. The second-order valence-corrected chi connectivity index (χ2v) is 10.9. The van der Waals surface area contributed by atoms with Crippen LogP contribution in [0, 0.1) is 11.8 Å². The molecule has 2 amide bonds. The van der Waals surface area contributed by atoms with Crippen LogP contribution in [0.15, 0.2) is 34.9 Å². The number of nitrogens with zero attached hydrogens (tertiary/aromatic N) is 1. The minimum Gasteiger partial charge on any atom is -0.481 e. The smallest absolute Gasteiger partial charge is 0.322 e. The van der Waals surface area contributed by atoms with E-state index in [-0.39, 0.29) is 40.5 Å². The van der Waals surface area contributed by atoms with Gasteiger partial charge in [-0.15, -0.1) is 0 Å². The van der Waals surface area contributed by atoms with E-state index in [0.29, 0.717) is 5.56 Å². The summed E-state index contributed by atoms with van der Waals surface area (Å²) in [6.45, 7) is 9.49. The standard InChI is InChI=1S/C21H29ClN2O5S/c1-13(2)12-30(28,29)18-7-6-15(10-17(18)22)21(5)16(14(3)4)11-24(20(27)23-21)9-8-19(25)26/h6-7,10-11,13-14H,8-9,12H2,1-5H3,(H,23,27)(H,25,26)/t21-/m0/s1. The number of hydrogen-bond acceptors (Lipinski definition) is 4. The summed E-state index contributed by atoms with van der Waals surface area (Å²) in [4.78, 5) is 25.0. The summed E-state index contributed by atoms with van der Waals surface area (Å²) in [5.74, 6) is -0.990. The van der Waals surface area contributed by atoms with Crippen LogP contribution in [0.25, 0.3) is 0 Å². The number of benzene rings is 1. The molecule has 0 radical (unpaired) electrons. The van der Waals surface area contributed by atoms with E-state index in [1.165, 1.54) is 11.0 Å². The number of carbonyl (C=O) groups excluding carboxylic acids is 1. The van der Waals surface area contributed by atoms with Crippen LogP contribution >= 0.6 is 11.6 Å². The Hall–Kier alpha value is -2.06. The number of halogens is 1. The normalized spacial score (nSPS) is 19.8. The number of aliphatic carboxylic acids is 1. The number of carbonyl (C=O) groups is 2. The van der Waals surface area contributed by atoms with Crippen LogP contribution in [0.5, 0.6) is 0 Å². The highest BCUT2D eigenvalue weighted by Crippen LogP contribution is 2.39. The fraction of sp³-hybridized carbons (Fsp3) is 0.524. The monoisotopic (exact) mass is 456 g/mol. The third kappa shape index (κ3) is 5.16. The number of urea groups is 1. The summed E-state index contributed by atoms with van der Waals surface area (Å²) in [6, 6.07) is 4.32. The lowest BCUT2D eigenvalue weighted by atomic mass is 9.78. The number of rotatable bonds is 8. The maximum Gasteiger partial charge on any atom is 0.322 e. The minimum absolute atomic E-state index is 0.00421. The number of nitrogens with one attached hydrogen (secondary N) is 1. The second kappa shape index (κ2) is 8.98. The molecule has 1 aliphatic rings. The van der Waals surface area contributed by atoms with E-state index in [9.17, 15) is 18.0 Å². The van der Waals surface area contributed by atoms with E-state index in [0.717, 1.165) is 5.57 Å². The minimum atomic E-state index is -3.52. The molecule has 1 aromatic rings. The van der Waals surface area contributed by atoms with Crippen molar-refractivity contribution < 1.29 is 23.1 Å². The zero-order valence-electron chi connectivity index (χ0n) is 17.9. The number of amides is 2. The third-order valence-corrected chi connectivity index (χ3v) is 7.63. The highest BCUT2D eigenvalue weighted by atomic mass is 35.5. The average molecular weight is 457 g/mol. The van der Waals surface area contributed by atoms with Crippen LogP contribution in [0.4, 0.5) is 4.79 Å². The van der Waals surface area contributed by atoms with Crippen LogP contribution in [-0.4, -0.2) is 42.7 Å². The van der Waals surface area contributed by atoms with Crippen molar-refractivity contribution >= 4 is 33.4 Å². The van der Waals surface area contributed by atoms with Crippen molar-refractivity contribution in [2.24, 2.45) is 11.8 Å². The van der Waals surface area contributed by atoms with Gasteiger partial charge in [0.2, 0.25) is 0 Å². The van der Waals surface area contributed by atoms with Gasteiger partial charge >= 0.3 is 12.0 Å². The van der Waals surface area contributed by atoms with Gasteiger partial charge < -0.3 is 15.3 Å².